The van der Waals surface area contributed by atoms with E-state index in [4.69, 9.17) is 9.72 Å². The molecule has 4 rings (SSSR count). The van der Waals surface area contributed by atoms with Gasteiger partial charge in [0.05, 0.1) is 6.61 Å². The lowest BCUT2D eigenvalue weighted by Gasteiger charge is -2.34. The monoisotopic (exact) mass is 393 g/mol. The van der Waals surface area contributed by atoms with E-state index in [1.54, 1.807) is 24.2 Å². The van der Waals surface area contributed by atoms with Crippen LogP contribution in [-0.4, -0.2) is 63.7 Å². The number of rotatable bonds is 4. The van der Waals surface area contributed by atoms with E-state index in [1.165, 1.54) is 5.56 Å². The standard InChI is InChI=1S/C20H23N7O2/c1-3-29-20(28)27-12-10-26(11-13-27)19-24-17-16(21-8-9-22-17)18(25-19)23-15-6-4-14(2)5-7-15/h4-9H,3,10-13H2,1-2H3,(H,22,23,24,25). The minimum atomic E-state index is -0.279. The molecule has 0 aliphatic carbocycles. The zero-order valence-electron chi connectivity index (χ0n) is 16.5. The molecule has 29 heavy (non-hydrogen) atoms. The second-order valence-corrected chi connectivity index (χ2v) is 6.76. The zero-order valence-corrected chi connectivity index (χ0v) is 16.5. The maximum atomic E-state index is 11.9. The number of piperazine rings is 1. The van der Waals surface area contributed by atoms with Gasteiger partial charge < -0.3 is 19.9 Å². The number of aryl methyl sites for hydroxylation is 1. The van der Waals surface area contributed by atoms with E-state index in [0.717, 1.165) is 5.69 Å². The van der Waals surface area contributed by atoms with Crippen molar-refractivity contribution in [1.29, 1.82) is 0 Å². The molecule has 1 fully saturated rings. The molecule has 3 heterocycles. The highest BCUT2D eigenvalue weighted by Crippen LogP contribution is 2.24. The van der Waals surface area contributed by atoms with Crippen molar-refractivity contribution >= 4 is 34.7 Å². The molecule has 1 N–H and O–H groups in total. The van der Waals surface area contributed by atoms with Gasteiger partial charge in [0.25, 0.3) is 0 Å². The molecule has 0 bridgehead atoms. The van der Waals surface area contributed by atoms with Gasteiger partial charge in [-0.1, -0.05) is 17.7 Å². The van der Waals surface area contributed by atoms with Crippen LogP contribution in [0.3, 0.4) is 0 Å². The summed E-state index contributed by atoms with van der Waals surface area (Å²) < 4.78 is 5.08. The fourth-order valence-electron chi connectivity index (χ4n) is 3.16. The molecule has 150 valence electrons. The molecule has 0 atom stereocenters. The highest BCUT2D eigenvalue weighted by Gasteiger charge is 2.24. The van der Waals surface area contributed by atoms with Gasteiger partial charge in [0.1, 0.15) is 0 Å². The van der Waals surface area contributed by atoms with Crippen LogP contribution < -0.4 is 10.2 Å². The number of hydrogen-bond donors (Lipinski definition) is 1. The third-order valence-electron chi connectivity index (χ3n) is 4.72. The second kappa shape index (κ2) is 8.26. The summed E-state index contributed by atoms with van der Waals surface area (Å²) in [5.41, 5.74) is 3.24. The number of carbonyl (C=O) groups is 1. The Morgan fingerprint density at radius 3 is 2.52 bits per heavy atom. The predicted molar refractivity (Wildman–Crippen MR) is 110 cm³/mol. The van der Waals surface area contributed by atoms with Crippen LogP contribution in [0.2, 0.25) is 0 Å². The van der Waals surface area contributed by atoms with Gasteiger partial charge in [0.15, 0.2) is 17.0 Å². The first-order valence-electron chi connectivity index (χ1n) is 9.63. The lowest BCUT2D eigenvalue weighted by Crippen LogP contribution is -2.49. The lowest BCUT2D eigenvalue weighted by atomic mass is 10.2. The molecule has 2 aromatic heterocycles. The molecule has 0 radical (unpaired) electrons. The van der Waals surface area contributed by atoms with Gasteiger partial charge in [-0.15, -0.1) is 0 Å². The molecule has 0 spiro atoms. The van der Waals surface area contributed by atoms with E-state index in [0.29, 0.717) is 55.7 Å². The van der Waals surface area contributed by atoms with E-state index < -0.39 is 0 Å². The van der Waals surface area contributed by atoms with Crippen LogP contribution in [0.4, 0.5) is 22.2 Å². The Kier molecular flexibility index (Phi) is 5.37. The lowest BCUT2D eigenvalue weighted by molar-refractivity contribution is 0.105. The number of nitrogens with zero attached hydrogens (tertiary/aromatic N) is 6. The Hall–Kier alpha value is -3.49. The summed E-state index contributed by atoms with van der Waals surface area (Å²) >= 11 is 0. The zero-order chi connectivity index (χ0) is 20.2. The molecule has 0 saturated carbocycles. The average molecular weight is 393 g/mol. The third-order valence-corrected chi connectivity index (χ3v) is 4.72. The maximum Gasteiger partial charge on any atom is 0.409 e. The Balaban J connectivity index is 1.59. The van der Waals surface area contributed by atoms with Crippen molar-refractivity contribution < 1.29 is 9.53 Å². The van der Waals surface area contributed by atoms with Gasteiger partial charge in [-0.25, -0.2) is 14.8 Å². The van der Waals surface area contributed by atoms with Crippen molar-refractivity contribution in [3.8, 4) is 0 Å². The molecular formula is C20H23N7O2. The van der Waals surface area contributed by atoms with Crippen molar-refractivity contribution in [3.63, 3.8) is 0 Å². The Bertz CT molecular complexity index is 1000. The van der Waals surface area contributed by atoms with E-state index in [9.17, 15) is 4.79 Å². The summed E-state index contributed by atoms with van der Waals surface area (Å²) in [6.45, 7) is 6.58. The minimum Gasteiger partial charge on any atom is -0.450 e. The molecule has 0 unspecified atom stereocenters. The number of carbonyl (C=O) groups excluding carboxylic acids is 1. The quantitative estimate of drug-likeness (QED) is 0.723. The van der Waals surface area contributed by atoms with Gasteiger partial charge in [0, 0.05) is 44.3 Å². The fourth-order valence-corrected chi connectivity index (χ4v) is 3.16. The highest BCUT2D eigenvalue weighted by atomic mass is 16.6. The summed E-state index contributed by atoms with van der Waals surface area (Å²) in [5, 5.41) is 3.33. The third kappa shape index (κ3) is 4.18. The Labute approximate surface area is 168 Å². The van der Waals surface area contributed by atoms with Crippen molar-refractivity contribution in [2.24, 2.45) is 0 Å². The van der Waals surface area contributed by atoms with Gasteiger partial charge >= 0.3 is 6.09 Å². The van der Waals surface area contributed by atoms with E-state index in [-0.39, 0.29) is 6.09 Å². The van der Waals surface area contributed by atoms with Gasteiger partial charge in [-0.05, 0) is 26.0 Å². The molecule has 9 nitrogen and oxygen atoms in total. The summed E-state index contributed by atoms with van der Waals surface area (Å²) in [6.07, 6.45) is 2.97. The Morgan fingerprint density at radius 1 is 1.07 bits per heavy atom. The summed E-state index contributed by atoms with van der Waals surface area (Å²) in [7, 11) is 0. The largest absolute Gasteiger partial charge is 0.450 e. The Morgan fingerprint density at radius 2 is 1.79 bits per heavy atom. The van der Waals surface area contributed by atoms with Crippen molar-refractivity contribution in [2.45, 2.75) is 13.8 Å². The van der Waals surface area contributed by atoms with E-state index in [2.05, 4.69) is 20.3 Å². The molecule has 9 heteroatoms. The number of aromatic nitrogens is 4. The normalized spacial score (nSPS) is 14.1. The molecule has 1 saturated heterocycles. The number of anilines is 3. The van der Waals surface area contributed by atoms with Gasteiger partial charge in [-0.3, -0.25) is 0 Å². The molecule has 1 aliphatic rings. The molecule has 1 aromatic carbocycles. The minimum absolute atomic E-state index is 0.279. The predicted octanol–water partition coefficient (Wildman–Crippen LogP) is 2.75. The summed E-state index contributed by atoms with van der Waals surface area (Å²) in [6, 6.07) is 8.06. The van der Waals surface area contributed by atoms with Crippen molar-refractivity contribution in [1.82, 2.24) is 24.8 Å². The number of fused-ring (bicyclic) bond motifs is 1. The number of nitrogens with one attached hydrogen (secondary N) is 1. The van der Waals surface area contributed by atoms with Gasteiger partial charge in [-0.2, -0.15) is 9.97 Å². The molecule has 1 aliphatic heterocycles. The second-order valence-electron chi connectivity index (χ2n) is 6.76. The van der Waals surface area contributed by atoms with Crippen LogP contribution in [-0.2, 0) is 4.74 Å². The molecule has 3 aromatic rings. The first kappa shape index (κ1) is 18.9. The topological polar surface area (TPSA) is 96.4 Å². The van der Waals surface area contributed by atoms with Crippen molar-refractivity contribution in [3.05, 3.63) is 42.2 Å². The number of ether oxygens (including phenoxy) is 1. The van der Waals surface area contributed by atoms with E-state index in [1.807, 2.05) is 36.1 Å². The SMILES string of the molecule is CCOC(=O)N1CCN(c2nc(Nc3ccc(C)cc3)c3nccnc3n2)CC1. The number of hydrogen-bond acceptors (Lipinski definition) is 8. The smallest absolute Gasteiger partial charge is 0.409 e. The fraction of sp³-hybridized carbons (Fsp3) is 0.350. The van der Waals surface area contributed by atoms with Crippen LogP contribution in [0.25, 0.3) is 11.2 Å². The van der Waals surface area contributed by atoms with E-state index >= 15 is 0 Å². The first-order valence-corrected chi connectivity index (χ1v) is 9.63. The number of benzene rings is 1. The van der Waals surface area contributed by atoms with Crippen LogP contribution >= 0.6 is 0 Å². The first-order chi connectivity index (χ1) is 14.1. The van der Waals surface area contributed by atoms with Crippen molar-refractivity contribution in [2.75, 3.05) is 43.0 Å². The summed E-state index contributed by atoms with van der Waals surface area (Å²) in [4.78, 5) is 33.7. The molecular weight excluding hydrogens is 370 g/mol. The van der Waals surface area contributed by atoms with Crippen LogP contribution in [0, 0.1) is 6.92 Å². The van der Waals surface area contributed by atoms with Crippen LogP contribution in [0.5, 0.6) is 0 Å². The number of amides is 1. The molecule has 1 amide bonds. The highest BCUT2D eigenvalue weighted by molar-refractivity contribution is 5.85. The maximum absolute atomic E-state index is 11.9. The van der Waals surface area contributed by atoms with Crippen LogP contribution in [0.1, 0.15) is 12.5 Å². The van der Waals surface area contributed by atoms with Gasteiger partial charge in [0.2, 0.25) is 5.95 Å². The summed E-state index contributed by atoms with van der Waals surface area (Å²) in [5.74, 6) is 1.17. The van der Waals surface area contributed by atoms with Crippen LogP contribution in [0.15, 0.2) is 36.7 Å². The average Bonchev–Trinajstić information content (AvgIpc) is 2.75.